The highest BCUT2D eigenvalue weighted by Crippen LogP contribution is 2.29. The minimum absolute atomic E-state index is 0.0956. The summed E-state index contributed by atoms with van der Waals surface area (Å²) in [7, 11) is 0. The molecule has 1 aromatic heterocycles. The van der Waals surface area contributed by atoms with Crippen LogP contribution in [0, 0.1) is 5.41 Å². The van der Waals surface area contributed by atoms with Crippen molar-refractivity contribution in [2.24, 2.45) is 11.1 Å². The van der Waals surface area contributed by atoms with Gasteiger partial charge < -0.3 is 20.2 Å². The van der Waals surface area contributed by atoms with Gasteiger partial charge in [-0.3, -0.25) is 0 Å². The lowest BCUT2D eigenvalue weighted by Crippen LogP contribution is -2.52. The van der Waals surface area contributed by atoms with Crippen molar-refractivity contribution in [3.05, 3.63) is 30.5 Å². The first kappa shape index (κ1) is 10.6. The van der Waals surface area contributed by atoms with Crippen LogP contribution in [-0.2, 0) is 4.74 Å². The van der Waals surface area contributed by atoms with Gasteiger partial charge in [0.05, 0.1) is 18.9 Å². The van der Waals surface area contributed by atoms with Crippen LogP contribution in [-0.4, -0.2) is 26.3 Å². The van der Waals surface area contributed by atoms with Gasteiger partial charge in [-0.2, -0.15) is 0 Å². The molecule has 2 heterocycles. The van der Waals surface area contributed by atoms with Crippen LogP contribution in [0.2, 0.25) is 0 Å². The molecule has 0 spiro atoms. The van der Waals surface area contributed by atoms with Crippen LogP contribution in [0.1, 0.15) is 0 Å². The Morgan fingerprint density at radius 1 is 1.29 bits per heavy atom. The van der Waals surface area contributed by atoms with Crippen molar-refractivity contribution in [1.82, 2.24) is 0 Å². The number of para-hydroxylation sites is 1. The van der Waals surface area contributed by atoms with Gasteiger partial charge in [-0.1, -0.05) is 12.1 Å². The van der Waals surface area contributed by atoms with Crippen LogP contribution >= 0.6 is 0 Å². The molecule has 0 unspecified atom stereocenters. The van der Waals surface area contributed by atoms with Crippen molar-refractivity contribution < 1.29 is 9.15 Å². The molecule has 3 N–H and O–H groups in total. The molecule has 0 radical (unpaired) electrons. The number of ether oxygens (including phenoxy) is 1. The van der Waals surface area contributed by atoms with Crippen molar-refractivity contribution in [3.63, 3.8) is 0 Å². The lowest BCUT2D eigenvalue weighted by molar-refractivity contribution is -0.0979. The van der Waals surface area contributed by atoms with E-state index in [2.05, 4.69) is 5.32 Å². The normalized spacial score (nSPS) is 17.9. The van der Waals surface area contributed by atoms with Crippen molar-refractivity contribution >= 4 is 16.7 Å². The van der Waals surface area contributed by atoms with Gasteiger partial charge in [0.1, 0.15) is 11.8 Å². The van der Waals surface area contributed by atoms with Crippen molar-refractivity contribution in [1.29, 1.82) is 0 Å². The number of anilines is 1. The van der Waals surface area contributed by atoms with Gasteiger partial charge in [-0.15, -0.1) is 0 Å². The van der Waals surface area contributed by atoms with E-state index in [-0.39, 0.29) is 5.41 Å². The first-order valence-electron chi connectivity index (χ1n) is 5.81. The summed E-state index contributed by atoms with van der Waals surface area (Å²) in [5, 5.41) is 4.52. The van der Waals surface area contributed by atoms with Gasteiger partial charge in [0.25, 0.3) is 0 Å². The first-order chi connectivity index (χ1) is 8.33. The largest absolute Gasteiger partial charge is 0.462 e. The Morgan fingerprint density at radius 2 is 2.12 bits per heavy atom. The minimum atomic E-state index is 0.0956. The zero-order chi connectivity index (χ0) is 11.7. The zero-order valence-corrected chi connectivity index (χ0v) is 9.61. The number of nitrogens with one attached hydrogen (secondary N) is 1. The number of fused-ring (bicyclic) bond motifs is 1. The van der Waals surface area contributed by atoms with Crippen LogP contribution in [0.4, 0.5) is 5.69 Å². The molecule has 90 valence electrons. The highest BCUT2D eigenvalue weighted by Gasteiger charge is 2.37. The van der Waals surface area contributed by atoms with E-state index in [1.54, 1.807) is 6.26 Å². The van der Waals surface area contributed by atoms with Gasteiger partial charge in [0.2, 0.25) is 0 Å². The predicted molar refractivity (Wildman–Crippen MR) is 67.0 cm³/mol. The fourth-order valence-corrected chi connectivity index (χ4v) is 2.08. The van der Waals surface area contributed by atoms with E-state index >= 15 is 0 Å². The Balaban J connectivity index is 1.77. The van der Waals surface area contributed by atoms with E-state index in [9.17, 15) is 0 Å². The zero-order valence-electron chi connectivity index (χ0n) is 9.61. The fraction of sp³-hybridized carbons (Fsp3) is 0.385. The number of rotatable bonds is 4. The number of nitrogens with two attached hydrogens (primary N) is 1. The average Bonchev–Trinajstić information content (AvgIpc) is 2.72. The molecule has 0 atom stereocenters. The van der Waals surface area contributed by atoms with Crippen LogP contribution in [0.25, 0.3) is 11.0 Å². The number of hydrogen-bond donors (Lipinski definition) is 2. The predicted octanol–water partition coefficient (Wildman–Crippen LogP) is 1.82. The Labute approximate surface area is 99.7 Å². The van der Waals surface area contributed by atoms with E-state index in [4.69, 9.17) is 14.9 Å². The van der Waals surface area contributed by atoms with Gasteiger partial charge in [-0.25, -0.2) is 0 Å². The molecule has 4 heteroatoms. The summed E-state index contributed by atoms with van der Waals surface area (Å²) in [6, 6.07) is 7.99. The molecule has 1 saturated heterocycles. The Kier molecular flexibility index (Phi) is 2.53. The molecule has 0 aliphatic carbocycles. The summed E-state index contributed by atoms with van der Waals surface area (Å²) < 4.78 is 10.7. The third-order valence-corrected chi connectivity index (χ3v) is 3.38. The summed E-state index contributed by atoms with van der Waals surface area (Å²) in [6.45, 7) is 2.96. The van der Waals surface area contributed by atoms with Crippen molar-refractivity contribution in [2.45, 2.75) is 0 Å². The topological polar surface area (TPSA) is 60.4 Å². The molecule has 3 rings (SSSR count). The van der Waals surface area contributed by atoms with Gasteiger partial charge in [-0.05, 0) is 12.1 Å². The monoisotopic (exact) mass is 232 g/mol. The van der Waals surface area contributed by atoms with E-state index in [1.807, 2.05) is 24.3 Å². The number of benzene rings is 1. The SMILES string of the molecule is NCC1(CNc2coc3ccccc23)COC1. The van der Waals surface area contributed by atoms with Crippen molar-refractivity contribution in [2.75, 3.05) is 31.6 Å². The molecule has 2 aromatic rings. The Bertz CT molecular complexity index is 511. The second-order valence-corrected chi connectivity index (χ2v) is 4.70. The second-order valence-electron chi connectivity index (χ2n) is 4.70. The molecule has 4 nitrogen and oxygen atoms in total. The van der Waals surface area contributed by atoms with Crippen molar-refractivity contribution in [3.8, 4) is 0 Å². The summed E-state index contributed by atoms with van der Waals surface area (Å²) in [6.07, 6.45) is 1.76. The standard InChI is InChI=1S/C13H16N2O2/c14-6-13(8-16-9-13)7-15-11-5-17-12-4-2-1-3-10(11)12/h1-5,15H,6-9,14H2. The maximum atomic E-state index is 5.78. The van der Waals surface area contributed by atoms with E-state index in [1.165, 1.54) is 0 Å². The summed E-state index contributed by atoms with van der Waals surface area (Å²) in [4.78, 5) is 0. The molecule has 0 bridgehead atoms. The molecule has 1 aliphatic rings. The van der Waals surface area contributed by atoms with Gasteiger partial charge in [0.15, 0.2) is 0 Å². The Hall–Kier alpha value is -1.52. The van der Waals surface area contributed by atoms with E-state index in [0.29, 0.717) is 6.54 Å². The molecule has 0 amide bonds. The first-order valence-corrected chi connectivity index (χ1v) is 5.81. The summed E-state index contributed by atoms with van der Waals surface area (Å²) in [5.41, 5.74) is 7.81. The maximum absolute atomic E-state index is 5.78. The van der Waals surface area contributed by atoms with Gasteiger partial charge >= 0.3 is 0 Å². The fourth-order valence-electron chi connectivity index (χ4n) is 2.08. The van der Waals surface area contributed by atoms with Crippen LogP contribution in [0.3, 0.4) is 0 Å². The second kappa shape index (κ2) is 4.05. The minimum Gasteiger partial charge on any atom is -0.462 e. The molecule has 1 aromatic carbocycles. The third-order valence-electron chi connectivity index (χ3n) is 3.38. The number of hydrogen-bond acceptors (Lipinski definition) is 4. The van der Waals surface area contributed by atoms with Gasteiger partial charge in [0, 0.05) is 23.9 Å². The molecule has 17 heavy (non-hydrogen) atoms. The average molecular weight is 232 g/mol. The molecular formula is C13H16N2O2. The molecule has 1 aliphatic heterocycles. The van der Waals surface area contributed by atoms with Crippen LogP contribution in [0.5, 0.6) is 0 Å². The molecular weight excluding hydrogens is 216 g/mol. The van der Waals surface area contributed by atoms with Crippen LogP contribution < -0.4 is 11.1 Å². The maximum Gasteiger partial charge on any atom is 0.136 e. The number of furan rings is 1. The highest BCUT2D eigenvalue weighted by molar-refractivity contribution is 5.90. The van der Waals surface area contributed by atoms with E-state index < -0.39 is 0 Å². The summed E-state index contributed by atoms with van der Waals surface area (Å²) >= 11 is 0. The third kappa shape index (κ3) is 1.79. The van der Waals surface area contributed by atoms with Crippen LogP contribution in [0.15, 0.2) is 34.9 Å². The Morgan fingerprint density at radius 3 is 2.82 bits per heavy atom. The lowest BCUT2D eigenvalue weighted by Gasteiger charge is -2.40. The highest BCUT2D eigenvalue weighted by atomic mass is 16.5. The lowest BCUT2D eigenvalue weighted by atomic mass is 9.86. The summed E-state index contributed by atoms with van der Waals surface area (Å²) in [5.74, 6) is 0. The smallest absolute Gasteiger partial charge is 0.136 e. The molecule has 1 fully saturated rings. The van der Waals surface area contributed by atoms with E-state index in [0.717, 1.165) is 36.4 Å². The quantitative estimate of drug-likeness (QED) is 0.844. The molecule has 0 saturated carbocycles.